The molecular weight excluding hydrogens is 214 g/mol. The third-order valence-corrected chi connectivity index (χ3v) is 2.57. The first-order chi connectivity index (χ1) is 8.19. The second-order valence-electron chi connectivity index (χ2n) is 3.78. The van der Waals surface area contributed by atoms with Crippen LogP contribution in [-0.2, 0) is 0 Å². The van der Waals surface area contributed by atoms with Gasteiger partial charge in [0.15, 0.2) is 0 Å². The fourth-order valence-electron chi connectivity index (χ4n) is 1.57. The third kappa shape index (κ3) is 4.37. The molecule has 1 aromatic heterocycles. The summed E-state index contributed by atoms with van der Waals surface area (Å²) in [6.07, 6.45) is 0. The van der Waals surface area contributed by atoms with Crippen LogP contribution in [-0.4, -0.2) is 41.0 Å². The van der Waals surface area contributed by atoms with Gasteiger partial charge in [0, 0.05) is 18.8 Å². The van der Waals surface area contributed by atoms with Crippen LogP contribution < -0.4 is 5.32 Å². The molecule has 1 N–H and O–H groups in total. The number of rotatable bonds is 6. The molecular formula is C12H19N5. The Kier molecular flexibility index (Phi) is 5.37. The lowest BCUT2D eigenvalue weighted by Gasteiger charge is -2.17. The summed E-state index contributed by atoms with van der Waals surface area (Å²) >= 11 is 0. The van der Waals surface area contributed by atoms with Crippen molar-refractivity contribution in [1.82, 2.24) is 14.9 Å². The quantitative estimate of drug-likeness (QED) is 0.804. The first kappa shape index (κ1) is 13.4. The number of likely N-dealkylation sites (N-methyl/N-ethyl adjacent to an activating group) is 1. The van der Waals surface area contributed by atoms with E-state index in [0.29, 0.717) is 11.6 Å². The summed E-state index contributed by atoms with van der Waals surface area (Å²) in [5, 5.41) is 11.9. The van der Waals surface area contributed by atoms with E-state index >= 15 is 0 Å². The van der Waals surface area contributed by atoms with Crippen molar-refractivity contribution in [3.8, 4) is 6.07 Å². The van der Waals surface area contributed by atoms with Gasteiger partial charge in [-0.2, -0.15) is 5.26 Å². The summed E-state index contributed by atoms with van der Waals surface area (Å²) in [5.41, 5.74) is 1.21. The molecule has 0 amide bonds. The molecule has 5 nitrogen and oxygen atoms in total. The lowest BCUT2D eigenvalue weighted by Crippen LogP contribution is -2.29. The Morgan fingerprint density at radius 3 is 2.65 bits per heavy atom. The van der Waals surface area contributed by atoms with E-state index < -0.39 is 0 Å². The van der Waals surface area contributed by atoms with Crippen molar-refractivity contribution in [2.24, 2.45) is 0 Å². The molecule has 0 aliphatic rings. The molecule has 0 radical (unpaired) electrons. The maximum absolute atomic E-state index is 8.80. The fraction of sp³-hybridized carbons (Fsp3) is 0.583. The molecule has 0 atom stereocenters. The van der Waals surface area contributed by atoms with E-state index in [1.54, 1.807) is 6.07 Å². The maximum Gasteiger partial charge on any atom is 0.224 e. The molecule has 0 fully saturated rings. The van der Waals surface area contributed by atoms with Gasteiger partial charge >= 0.3 is 0 Å². The summed E-state index contributed by atoms with van der Waals surface area (Å²) in [7, 11) is 0. The first-order valence-corrected chi connectivity index (χ1v) is 5.91. The van der Waals surface area contributed by atoms with Crippen molar-refractivity contribution >= 4 is 5.95 Å². The van der Waals surface area contributed by atoms with Gasteiger partial charge in [0.05, 0.1) is 0 Å². The van der Waals surface area contributed by atoms with Crippen LogP contribution in [0.3, 0.4) is 0 Å². The van der Waals surface area contributed by atoms with Crippen molar-refractivity contribution < 1.29 is 0 Å². The predicted molar refractivity (Wildman–Crippen MR) is 67.8 cm³/mol. The minimum atomic E-state index is 0.405. The van der Waals surface area contributed by atoms with Gasteiger partial charge in [-0.25, -0.2) is 9.97 Å². The average molecular weight is 233 g/mol. The van der Waals surface area contributed by atoms with Crippen LogP contribution in [0.1, 0.15) is 25.2 Å². The van der Waals surface area contributed by atoms with Crippen molar-refractivity contribution in [3.05, 3.63) is 17.5 Å². The Balaban J connectivity index is 2.52. The van der Waals surface area contributed by atoms with E-state index in [9.17, 15) is 0 Å². The van der Waals surface area contributed by atoms with E-state index in [-0.39, 0.29) is 0 Å². The molecule has 0 saturated carbocycles. The van der Waals surface area contributed by atoms with Crippen LogP contribution in [0.4, 0.5) is 5.95 Å². The molecule has 0 aliphatic carbocycles. The number of aryl methyl sites for hydroxylation is 1. The molecule has 0 spiro atoms. The number of nitrogens with one attached hydrogen (secondary N) is 1. The van der Waals surface area contributed by atoms with Crippen LogP contribution in [0.25, 0.3) is 0 Å². The van der Waals surface area contributed by atoms with E-state index in [1.807, 2.05) is 13.0 Å². The highest BCUT2D eigenvalue weighted by molar-refractivity contribution is 5.32. The molecule has 0 bridgehead atoms. The van der Waals surface area contributed by atoms with Crippen molar-refractivity contribution in [3.63, 3.8) is 0 Å². The summed E-state index contributed by atoms with van der Waals surface area (Å²) < 4.78 is 0. The molecule has 0 aliphatic heterocycles. The van der Waals surface area contributed by atoms with Gasteiger partial charge in [0.25, 0.3) is 0 Å². The lowest BCUT2D eigenvalue weighted by molar-refractivity contribution is 0.316. The number of nitrogens with zero attached hydrogens (tertiary/aromatic N) is 4. The van der Waals surface area contributed by atoms with Crippen LogP contribution >= 0.6 is 0 Å². The van der Waals surface area contributed by atoms with Gasteiger partial charge < -0.3 is 10.2 Å². The number of hydrogen-bond donors (Lipinski definition) is 1. The zero-order valence-corrected chi connectivity index (χ0v) is 10.7. The van der Waals surface area contributed by atoms with Crippen molar-refractivity contribution in [1.29, 1.82) is 5.26 Å². The Bertz CT molecular complexity index is 392. The monoisotopic (exact) mass is 233 g/mol. The van der Waals surface area contributed by atoms with Crippen molar-refractivity contribution in [2.45, 2.75) is 20.8 Å². The highest BCUT2D eigenvalue weighted by atomic mass is 15.2. The molecule has 1 heterocycles. The van der Waals surface area contributed by atoms with Gasteiger partial charge in [0.2, 0.25) is 5.95 Å². The topological polar surface area (TPSA) is 64.8 Å². The van der Waals surface area contributed by atoms with Crippen LogP contribution in [0.5, 0.6) is 0 Å². The smallest absolute Gasteiger partial charge is 0.224 e. The lowest BCUT2D eigenvalue weighted by atomic mass is 10.3. The minimum absolute atomic E-state index is 0.405. The maximum atomic E-state index is 8.80. The first-order valence-electron chi connectivity index (χ1n) is 5.91. The predicted octanol–water partition coefficient (Wildman–Crippen LogP) is 1.41. The van der Waals surface area contributed by atoms with Crippen LogP contribution in [0.2, 0.25) is 0 Å². The minimum Gasteiger partial charge on any atom is -0.353 e. The molecule has 5 heteroatoms. The van der Waals surface area contributed by atoms with Crippen LogP contribution in [0, 0.1) is 18.3 Å². The zero-order chi connectivity index (χ0) is 12.7. The van der Waals surface area contributed by atoms with Gasteiger partial charge in [-0.15, -0.1) is 0 Å². The zero-order valence-electron chi connectivity index (χ0n) is 10.7. The second kappa shape index (κ2) is 6.81. The molecule has 17 heavy (non-hydrogen) atoms. The standard InChI is InChI=1S/C12H19N5/c1-4-17(5-2)7-6-14-12-15-10(3)8-11(9-13)16-12/h8H,4-7H2,1-3H3,(H,14,15,16). The normalized spacial score (nSPS) is 10.3. The Morgan fingerprint density at radius 1 is 1.35 bits per heavy atom. The van der Waals surface area contributed by atoms with E-state index in [0.717, 1.165) is 31.9 Å². The van der Waals surface area contributed by atoms with E-state index in [2.05, 4.69) is 34.0 Å². The number of aromatic nitrogens is 2. The van der Waals surface area contributed by atoms with Gasteiger partial charge in [-0.3, -0.25) is 0 Å². The van der Waals surface area contributed by atoms with Crippen LogP contribution in [0.15, 0.2) is 6.07 Å². The SMILES string of the molecule is CCN(CC)CCNc1nc(C)cc(C#N)n1. The summed E-state index contributed by atoms with van der Waals surface area (Å²) in [5.74, 6) is 0.536. The molecule has 0 unspecified atom stereocenters. The number of hydrogen-bond acceptors (Lipinski definition) is 5. The Hall–Kier alpha value is -1.67. The van der Waals surface area contributed by atoms with Crippen molar-refractivity contribution in [2.75, 3.05) is 31.5 Å². The molecule has 0 saturated heterocycles. The summed E-state index contributed by atoms with van der Waals surface area (Å²) in [6, 6.07) is 3.70. The summed E-state index contributed by atoms with van der Waals surface area (Å²) in [4.78, 5) is 10.7. The number of nitriles is 1. The van der Waals surface area contributed by atoms with E-state index in [1.165, 1.54) is 0 Å². The highest BCUT2D eigenvalue weighted by Gasteiger charge is 2.02. The van der Waals surface area contributed by atoms with Gasteiger partial charge in [0.1, 0.15) is 11.8 Å². The van der Waals surface area contributed by atoms with Gasteiger partial charge in [-0.1, -0.05) is 13.8 Å². The Morgan fingerprint density at radius 2 is 2.06 bits per heavy atom. The molecule has 1 rings (SSSR count). The van der Waals surface area contributed by atoms with Gasteiger partial charge in [-0.05, 0) is 26.1 Å². The average Bonchev–Trinajstić information content (AvgIpc) is 2.34. The third-order valence-electron chi connectivity index (χ3n) is 2.57. The molecule has 1 aromatic rings. The fourth-order valence-corrected chi connectivity index (χ4v) is 1.57. The Labute approximate surface area is 102 Å². The second-order valence-corrected chi connectivity index (χ2v) is 3.78. The van der Waals surface area contributed by atoms with E-state index in [4.69, 9.17) is 5.26 Å². The molecule has 92 valence electrons. The highest BCUT2D eigenvalue weighted by Crippen LogP contribution is 2.03. The number of anilines is 1. The summed E-state index contributed by atoms with van der Waals surface area (Å²) in [6.45, 7) is 9.95. The molecule has 0 aromatic carbocycles. The largest absolute Gasteiger partial charge is 0.353 e.